The van der Waals surface area contributed by atoms with E-state index in [4.69, 9.17) is 5.11 Å². The lowest BCUT2D eigenvalue weighted by molar-refractivity contribution is -0.162. The monoisotopic (exact) mass is 182 g/mol. The van der Waals surface area contributed by atoms with Crippen LogP contribution in [0.1, 0.15) is 13.3 Å². The highest BCUT2D eigenvalue weighted by Gasteiger charge is 2.42. The van der Waals surface area contributed by atoms with Crippen molar-refractivity contribution in [3.8, 4) is 0 Å². The minimum atomic E-state index is -3.19. The summed E-state index contributed by atoms with van der Waals surface area (Å²) in [5.74, 6) is -6.46. The molecule has 0 fully saturated rings. The maximum Gasteiger partial charge on any atom is 0.315 e. The van der Waals surface area contributed by atoms with Crippen molar-refractivity contribution in [3.05, 3.63) is 0 Å². The van der Waals surface area contributed by atoms with Crippen LogP contribution in [0.5, 0.6) is 0 Å². The van der Waals surface area contributed by atoms with Crippen LogP contribution in [0.2, 0.25) is 0 Å². The molecule has 0 saturated heterocycles. The Kier molecular flexibility index (Phi) is 4.09. The summed E-state index contributed by atoms with van der Waals surface area (Å²) in [5, 5.41) is 8.41. The van der Waals surface area contributed by atoms with E-state index in [1.54, 1.807) is 0 Å². The first-order valence-electron chi connectivity index (χ1n) is 3.55. The zero-order valence-corrected chi connectivity index (χ0v) is 7.01. The van der Waals surface area contributed by atoms with Crippen LogP contribution >= 0.6 is 0 Å². The van der Waals surface area contributed by atoms with Gasteiger partial charge in [0.2, 0.25) is 0 Å². The molecule has 5 heteroatoms. The number of carboxylic acid groups (broad SMARTS) is 1. The van der Waals surface area contributed by atoms with E-state index < -0.39 is 30.8 Å². The van der Waals surface area contributed by atoms with Gasteiger partial charge in [-0.25, -0.2) is 8.78 Å². The zero-order valence-electron chi connectivity index (χ0n) is 7.01. The first-order chi connectivity index (χ1) is 5.45. The van der Waals surface area contributed by atoms with E-state index in [1.807, 2.05) is 0 Å². The lowest BCUT2D eigenvalue weighted by Gasteiger charge is -2.21. The molecule has 0 heterocycles. The average Bonchev–Trinajstić information content (AvgIpc) is 1.99. The summed E-state index contributed by atoms with van der Waals surface area (Å²) in [5.41, 5.74) is 0. The van der Waals surface area contributed by atoms with E-state index in [2.05, 4.69) is 4.74 Å². The molecule has 3 nitrogen and oxygen atoms in total. The molecule has 0 radical (unpaired) electrons. The van der Waals surface area contributed by atoms with Gasteiger partial charge in [-0.05, 0) is 0 Å². The highest BCUT2D eigenvalue weighted by molar-refractivity contribution is 5.71. The molecule has 0 spiro atoms. The van der Waals surface area contributed by atoms with Gasteiger partial charge in [0.05, 0.1) is 6.61 Å². The molecule has 0 bridgehead atoms. The van der Waals surface area contributed by atoms with Crippen molar-refractivity contribution < 1.29 is 23.4 Å². The minimum absolute atomic E-state index is 0.462. The van der Waals surface area contributed by atoms with Crippen molar-refractivity contribution in [2.75, 3.05) is 13.7 Å². The second kappa shape index (κ2) is 4.35. The maximum atomic E-state index is 12.8. The van der Waals surface area contributed by atoms with Crippen LogP contribution < -0.4 is 0 Å². The molecule has 0 aromatic carbocycles. The van der Waals surface area contributed by atoms with Gasteiger partial charge in [0.25, 0.3) is 5.92 Å². The van der Waals surface area contributed by atoms with Crippen molar-refractivity contribution in [1.82, 2.24) is 0 Å². The molecule has 12 heavy (non-hydrogen) atoms. The van der Waals surface area contributed by atoms with E-state index >= 15 is 0 Å². The van der Waals surface area contributed by atoms with E-state index in [9.17, 15) is 13.6 Å². The molecule has 1 unspecified atom stereocenters. The van der Waals surface area contributed by atoms with Crippen LogP contribution in [0.15, 0.2) is 0 Å². The van der Waals surface area contributed by atoms with E-state index in [-0.39, 0.29) is 0 Å². The lowest BCUT2D eigenvalue weighted by atomic mass is 10.0. The van der Waals surface area contributed by atoms with Crippen molar-refractivity contribution in [2.45, 2.75) is 19.3 Å². The molecule has 0 saturated carbocycles. The third-order valence-electron chi connectivity index (χ3n) is 1.61. The highest BCUT2D eigenvalue weighted by atomic mass is 19.3. The van der Waals surface area contributed by atoms with Gasteiger partial charge in [-0.2, -0.15) is 0 Å². The number of aliphatic carboxylic acids is 1. The Hall–Kier alpha value is -0.710. The highest BCUT2D eigenvalue weighted by Crippen LogP contribution is 2.28. The molecule has 72 valence electrons. The molecule has 1 N–H and O–H groups in total. The summed E-state index contributed by atoms with van der Waals surface area (Å²) < 4.78 is 30.0. The van der Waals surface area contributed by atoms with Crippen LogP contribution in [0.3, 0.4) is 0 Å². The SMILES string of the molecule is CCC(F)(F)C(COC)C(=O)O. The van der Waals surface area contributed by atoms with Crippen LogP contribution in [0, 0.1) is 5.92 Å². The summed E-state index contributed by atoms with van der Waals surface area (Å²) in [4.78, 5) is 10.3. The van der Waals surface area contributed by atoms with Crippen molar-refractivity contribution in [2.24, 2.45) is 5.92 Å². The molecule has 0 aromatic rings. The van der Waals surface area contributed by atoms with E-state index in [1.165, 1.54) is 14.0 Å². The smallest absolute Gasteiger partial charge is 0.315 e. The number of carboxylic acids is 1. The molecule has 1 atom stereocenters. The van der Waals surface area contributed by atoms with E-state index in [0.29, 0.717) is 0 Å². The molecular weight excluding hydrogens is 170 g/mol. The quantitative estimate of drug-likeness (QED) is 0.698. The van der Waals surface area contributed by atoms with Gasteiger partial charge in [-0.1, -0.05) is 6.92 Å². The van der Waals surface area contributed by atoms with Gasteiger partial charge in [0.15, 0.2) is 0 Å². The Bertz CT molecular complexity index is 159. The predicted octanol–water partition coefficient (Wildman–Crippen LogP) is 1.38. The zero-order chi connectivity index (χ0) is 9.78. The summed E-state index contributed by atoms with van der Waals surface area (Å²) >= 11 is 0. The van der Waals surface area contributed by atoms with Gasteiger partial charge in [-0.3, -0.25) is 4.79 Å². The normalized spacial score (nSPS) is 14.3. The molecule has 0 aliphatic rings. The Morgan fingerprint density at radius 3 is 2.42 bits per heavy atom. The second-order valence-corrected chi connectivity index (χ2v) is 2.46. The van der Waals surface area contributed by atoms with E-state index in [0.717, 1.165) is 0 Å². The topological polar surface area (TPSA) is 46.5 Å². The lowest BCUT2D eigenvalue weighted by Crippen LogP contribution is -2.37. The standard InChI is InChI=1S/C7H12F2O3/c1-3-7(8,9)5(4-12-2)6(10)11/h5H,3-4H2,1-2H3,(H,10,11). The third-order valence-corrected chi connectivity index (χ3v) is 1.61. The number of hydrogen-bond acceptors (Lipinski definition) is 2. The molecule has 0 aliphatic carbocycles. The van der Waals surface area contributed by atoms with Gasteiger partial charge in [0.1, 0.15) is 5.92 Å². The van der Waals surface area contributed by atoms with Crippen molar-refractivity contribution >= 4 is 5.97 Å². The number of ether oxygens (including phenoxy) is 1. The van der Waals surface area contributed by atoms with Crippen molar-refractivity contribution in [3.63, 3.8) is 0 Å². The van der Waals surface area contributed by atoms with Crippen LogP contribution in [0.4, 0.5) is 8.78 Å². The predicted molar refractivity (Wildman–Crippen MR) is 38.2 cm³/mol. The van der Waals surface area contributed by atoms with Gasteiger partial charge in [0, 0.05) is 13.5 Å². The summed E-state index contributed by atoms with van der Waals surface area (Å²) in [6, 6.07) is 0. The molecule has 0 aromatic heterocycles. The molecular formula is C7H12F2O3. The number of hydrogen-bond donors (Lipinski definition) is 1. The largest absolute Gasteiger partial charge is 0.481 e. The summed E-state index contributed by atoms with van der Waals surface area (Å²) in [7, 11) is 1.20. The molecule has 0 amide bonds. The first kappa shape index (κ1) is 11.3. The van der Waals surface area contributed by atoms with Crippen molar-refractivity contribution in [1.29, 1.82) is 0 Å². The number of carbonyl (C=O) groups is 1. The fourth-order valence-corrected chi connectivity index (χ4v) is 0.787. The fourth-order valence-electron chi connectivity index (χ4n) is 0.787. The van der Waals surface area contributed by atoms with Gasteiger partial charge in [-0.15, -0.1) is 0 Å². The molecule has 0 rings (SSSR count). The van der Waals surface area contributed by atoms with Gasteiger partial charge < -0.3 is 9.84 Å². The average molecular weight is 182 g/mol. The number of rotatable bonds is 5. The number of halogens is 2. The number of alkyl halides is 2. The summed E-state index contributed by atoms with van der Waals surface area (Å²) in [6.45, 7) is 0.780. The second-order valence-electron chi connectivity index (χ2n) is 2.46. The van der Waals surface area contributed by atoms with Crippen LogP contribution in [0.25, 0.3) is 0 Å². The Morgan fingerprint density at radius 2 is 2.17 bits per heavy atom. The fraction of sp³-hybridized carbons (Fsp3) is 0.857. The Labute approximate surface area is 69.3 Å². The Balaban J connectivity index is 4.38. The summed E-state index contributed by atoms with van der Waals surface area (Å²) in [6.07, 6.45) is -0.493. The first-order valence-corrected chi connectivity index (χ1v) is 3.55. The number of methoxy groups -OCH3 is 1. The molecule has 0 aliphatic heterocycles. The Morgan fingerprint density at radius 1 is 1.67 bits per heavy atom. The van der Waals surface area contributed by atoms with Gasteiger partial charge >= 0.3 is 5.97 Å². The third kappa shape index (κ3) is 2.73. The van der Waals surface area contributed by atoms with Crippen LogP contribution in [-0.2, 0) is 9.53 Å². The minimum Gasteiger partial charge on any atom is -0.481 e. The van der Waals surface area contributed by atoms with Crippen LogP contribution in [-0.4, -0.2) is 30.7 Å². The maximum absolute atomic E-state index is 12.8.